The van der Waals surface area contributed by atoms with E-state index >= 15 is 0 Å². The van der Waals surface area contributed by atoms with Crippen molar-refractivity contribution in [2.45, 2.75) is 0 Å². The van der Waals surface area contributed by atoms with Crippen LogP contribution in [0.2, 0.25) is 0 Å². The van der Waals surface area contributed by atoms with Gasteiger partial charge in [-0.3, -0.25) is 0 Å². The van der Waals surface area contributed by atoms with Crippen LogP contribution in [-0.4, -0.2) is 23.9 Å². The second-order valence-electron chi connectivity index (χ2n) is 2.24. The molecule has 1 aromatic carbocycles. The van der Waals surface area contributed by atoms with Crippen LogP contribution in [-0.2, 0) is 9.63 Å². The average Bonchev–Trinajstić information content (AvgIpc) is 2.14. The standard InChI is InChI=1S/C9H8NO3/c11-9(12)7-13-10-6-8-4-2-1-3-5-8/h2-6H,7H2,(H,11,12). The molecule has 4 heteroatoms. The van der Waals surface area contributed by atoms with Crippen molar-refractivity contribution in [3.05, 3.63) is 35.9 Å². The van der Waals surface area contributed by atoms with Gasteiger partial charge in [0.1, 0.15) is 0 Å². The molecular formula is C9H8NO3. The van der Waals surface area contributed by atoms with Crippen molar-refractivity contribution in [3.63, 3.8) is 0 Å². The minimum absolute atomic E-state index is 0.421. The fourth-order valence-corrected chi connectivity index (χ4v) is 0.676. The summed E-state index contributed by atoms with van der Waals surface area (Å²) in [6.07, 6.45) is 1.44. The first kappa shape index (κ1) is 9.25. The summed E-state index contributed by atoms with van der Waals surface area (Å²) in [7, 11) is 0. The van der Waals surface area contributed by atoms with E-state index in [2.05, 4.69) is 16.1 Å². The predicted molar refractivity (Wildman–Crippen MR) is 46.5 cm³/mol. The molecule has 1 radical (unpaired) electrons. The van der Waals surface area contributed by atoms with Crippen LogP contribution in [0.3, 0.4) is 0 Å². The van der Waals surface area contributed by atoms with Gasteiger partial charge in [-0.1, -0.05) is 29.4 Å². The van der Waals surface area contributed by atoms with Crippen molar-refractivity contribution in [3.8, 4) is 0 Å². The average molecular weight is 178 g/mol. The maximum Gasteiger partial charge on any atom is 0.344 e. The molecule has 0 unspecified atom stereocenters. The van der Waals surface area contributed by atoms with Crippen LogP contribution < -0.4 is 0 Å². The first-order valence-electron chi connectivity index (χ1n) is 3.62. The molecule has 0 saturated heterocycles. The summed E-state index contributed by atoms with van der Waals surface area (Å²) in [6, 6.07) is 9.88. The summed E-state index contributed by atoms with van der Waals surface area (Å²) >= 11 is 0. The molecule has 13 heavy (non-hydrogen) atoms. The number of aliphatic carboxylic acids is 1. The van der Waals surface area contributed by atoms with Crippen molar-refractivity contribution in [1.29, 1.82) is 0 Å². The van der Waals surface area contributed by atoms with Gasteiger partial charge in [-0.15, -0.1) is 0 Å². The Hall–Kier alpha value is -1.84. The van der Waals surface area contributed by atoms with E-state index in [4.69, 9.17) is 5.11 Å². The minimum Gasteiger partial charge on any atom is -0.479 e. The number of hydrogen-bond donors (Lipinski definition) is 1. The van der Waals surface area contributed by atoms with Gasteiger partial charge in [-0.2, -0.15) is 0 Å². The highest BCUT2D eigenvalue weighted by Gasteiger charge is 1.92. The van der Waals surface area contributed by atoms with Crippen molar-refractivity contribution < 1.29 is 14.7 Å². The van der Waals surface area contributed by atoms with Crippen LogP contribution in [0.15, 0.2) is 29.4 Å². The van der Waals surface area contributed by atoms with Gasteiger partial charge in [0.2, 0.25) is 6.61 Å². The highest BCUT2D eigenvalue weighted by atomic mass is 16.6. The predicted octanol–water partition coefficient (Wildman–Crippen LogP) is 0.922. The van der Waals surface area contributed by atoms with Crippen molar-refractivity contribution in [1.82, 2.24) is 0 Å². The van der Waals surface area contributed by atoms with Crippen LogP contribution in [0.4, 0.5) is 0 Å². The molecular weight excluding hydrogens is 170 g/mol. The zero-order valence-corrected chi connectivity index (χ0v) is 6.80. The van der Waals surface area contributed by atoms with E-state index in [0.29, 0.717) is 0 Å². The fourth-order valence-electron chi connectivity index (χ4n) is 0.676. The van der Waals surface area contributed by atoms with Gasteiger partial charge in [-0.05, 0) is 11.6 Å². The van der Waals surface area contributed by atoms with E-state index in [9.17, 15) is 4.79 Å². The van der Waals surface area contributed by atoms with Gasteiger partial charge in [0.25, 0.3) is 0 Å². The maximum atomic E-state index is 10.0. The maximum absolute atomic E-state index is 10.0. The van der Waals surface area contributed by atoms with Crippen molar-refractivity contribution >= 4 is 12.2 Å². The zero-order chi connectivity index (χ0) is 9.52. The second-order valence-corrected chi connectivity index (χ2v) is 2.24. The molecule has 1 N–H and O–H groups in total. The highest BCUT2D eigenvalue weighted by molar-refractivity contribution is 5.78. The van der Waals surface area contributed by atoms with E-state index < -0.39 is 12.6 Å². The first-order chi connectivity index (χ1) is 6.29. The lowest BCUT2D eigenvalue weighted by Crippen LogP contribution is -2.03. The molecule has 0 aromatic heterocycles. The van der Waals surface area contributed by atoms with E-state index in [0.717, 1.165) is 5.56 Å². The fraction of sp³-hybridized carbons (Fsp3) is 0.111. The van der Waals surface area contributed by atoms with Crippen LogP contribution >= 0.6 is 0 Å². The van der Waals surface area contributed by atoms with E-state index in [1.54, 1.807) is 24.3 Å². The number of carboxylic acids is 1. The first-order valence-corrected chi connectivity index (χ1v) is 3.62. The van der Waals surface area contributed by atoms with Gasteiger partial charge < -0.3 is 9.94 Å². The molecule has 0 atom stereocenters. The van der Waals surface area contributed by atoms with Crippen molar-refractivity contribution in [2.75, 3.05) is 6.61 Å². The van der Waals surface area contributed by atoms with E-state index in [-0.39, 0.29) is 0 Å². The third-order valence-corrected chi connectivity index (χ3v) is 1.21. The lowest BCUT2D eigenvalue weighted by Gasteiger charge is -1.92. The Bertz CT molecular complexity index is 295. The quantitative estimate of drug-likeness (QED) is 0.551. The molecule has 0 fully saturated rings. The molecule has 0 saturated carbocycles. The monoisotopic (exact) mass is 178 g/mol. The lowest BCUT2D eigenvalue weighted by atomic mass is 10.2. The Labute approximate surface area is 75.4 Å². The van der Waals surface area contributed by atoms with Gasteiger partial charge >= 0.3 is 5.97 Å². The third kappa shape index (κ3) is 3.91. The minimum atomic E-state index is -1.04. The Kier molecular flexibility index (Phi) is 3.50. The summed E-state index contributed by atoms with van der Waals surface area (Å²) < 4.78 is 0. The molecule has 0 spiro atoms. The molecule has 0 aliphatic heterocycles. The lowest BCUT2D eigenvalue weighted by molar-refractivity contribution is -0.142. The van der Waals surface area contributed by atoms with E-state index in [1.165, 1.54) is 6.21 Å². The van der Waals surface area contributed by atoms with Gasteiger partial charge in [-0.25, -0.2) is 4.79 Å². The smallest absolute Gasteiger partial charge is 0.344 e. The topological polar surface area (TPSA) is 58.9 Å². The number of rotatable bonds is 4. The summed E-state index contributed by atoms with van der Waals surface area (Å²) in [5.74, 6) is -1.04. The summed E-state index contributed by atoms with van der Waals surface area (Å²) in [5.41, 5.74) is 0.837. The van der Waals surface area contributed by atoms with Crippen LogP contribution in [0, 0.1) is 6.07 Å². The molecule has 1 rings (SSSR count). The van der Waals surface area contributed by atoms with E-state index in [1.807, 2.05) is 0 Å². The molecule has 0 aliphatic carbocycles. The SMILES string of the molecule is O=C(O)CON=Cc1cc[c]cc1. The Balaban J connectivity index is 2.37. The number of carbonyl (C=O) groups is 1. The Morgan fingerprint density at radius 1 is 1.62 bits per heavy atom. The molecule has 67 valence electrons. The molecule has 4 nitrogen and oxygen atoms in total. The second kappa shape index (κ2) is 4.92. The third-order valence-electron chi connectivity index (χ3n) is 1.21. The van der Waals surface area contributed by atoms with Gasteiger partial charge in [0.05, 0.1) is 6.21 Å². The van der Waals surface area contributed by atoms with Crippen LogP contribution in [0.1, 0.15) is 5.56 Å². The molecule has 0 amide bonds. The summed E-state index contributed by atoms with van der Waals surface area (Å²) in [5, 5.41) is 11.7. The Morgan fingerprint density at radius 2 is 2.31 bits per heavy atom. The normalized spacial score (nSPS) is 10.2. The van der Waals surface area contributed by atoms with Gasteiger partial charge in [0.15, 0.2) is 0 Å². The van der Waals surface area contributed by atoms with Gasteiger partial charge in [0, 0.05) is 0 Å². The van der Waals surface area contributed by atoms with Crippen LogP contribution in [0.5, 0.6) is 0 Å². The van der Waals surface area contributed by atoms with Crippen molar-refractivity contribution in [2.24, 2.45) is 5.16 Å². The molecule has 0 bridgehead atoms. The number of benzene rings is 1. The summed E-state index contributed by atoms with van der Waals surface area (Å²) in [4.78, 5) is 14.5. The summed E-state index contributed by atoms with van der Waals surface area (Å²) in [6.45, 7) is -0.421. The Morgan fingerprint density at radius 3 is 2.92 bits per heavy atom. The number of hydrogen-bond acceptors (Lipinski definition) is 3. The molecule has 0 heterocycles. The zero-order valence-electron chi connectivity index (χ0n) is 6.80. The number of oxime groups is 1. The highest BCUT2D eigenvalue weighted by Crippen LogP contribution is 1.93. The number of nitrogens with zero attached hydrogens (tertiary/aromatic N) is 1. The largest absolute Gasteiger partial charge is 0.479 e. The number of carboxylic acid groups (broad SMARTS) is 1. The molecule has 1 aromatic rings. The van der Waals surface area contributed by atoms with Crippen LogP contribution in [0.25, 0.3) is 0 Å². The molecule has 0 aliphatic rings.